The summed E-state index contributed by atoms with van der Waals surface area (Å²) in [4.78, 5) is 15.9. The molecule has 6 heteroatoms. The first kappa shape index (κ1) is 11.3. The summed E-state index contributed by atoms with van der Waals surface area (Å²) in [6.45, 7) is 2.72. The van der Waals surface area contributed by atoms with Crippen molar-refractivity contribution in [3.8, 4) is 0 Å². The fourth-order valence-corrected chi connectivity index (χ4v) is 2.16. The molecule has 0 spiro atoms. The lowest BCUT2D eigenvalue weighted by molar-refractivity contribution is 0.0605. The normalized spacial score (nSPS) is 9.93. The van der Waals surface area contributed by atoms with Gasteiger partial charge in [0, 0.05) is 6.54 Å². The second-order valence-corrected chi connectivity index (χ2v) is 3.72. The third-order valence-corrected chi connectivity index (χ3v) is 2.81. The average molecular weight is 235 g/mol. The highest BCUT2D eigenvalue weighted by Gasteiger charge is 2.17. The van der Waals surface area contributed by atoms with Gasteiger partial charge in [-0.3, -0.25) is 0 Å². The van der Waals surface area contributed by atoms with E-state index in [0.29, 0.717) is 15.7 Å². The Morgan fingerprint density at radius 3 is 2.93 bits per heavy atom. The van der Waals surface area contributed by atoms with E-state index in [1.807, 2.05) is 6.92 Å². The van der Waals surface area contributed by atoms with Gasteiger partial charge >= 0.3 is 5.97 Å². The van der Waals surface area contributed by atoms with Crippen LogP contribution in [-0.2, 0) is 10.6 Å². The predicted octanol–water partition coefficient (Wildman–Crippen LogP) is 2.10. The van der Waals surface area contributed by atoms with Gasteiger partial charge in [0.1, 0.15) is 4.88 Å². The minimum absolute atomic E-state index is 0.215. The number of carbonyl (C=O) groups excluding carboxylic acids is 1. The largest absolute Gasteiger partial charge is 0.465 e. The summed E-state index contributed by atoms with van der Waals surface area (Å²) >= 11 is 6.92. The van der Waals surface area contributed by atoms with Gasteiger partial charge in [-0.05, 0) is 6.92 Å². The minimum Gasteiger partial charge on any atom is -0.465 e. The molecule has 4 nitrogen and oxygen atoms in total. The van der Waals surface area contributed by atoms with Gasteiger partial charge in [-0.1, -0.05) is 11.3 Å². The lowest BCUT2D eigenvalue weighted by Gasteiger charge is -1.94. The number of hydrogen-bond acceptors (Lipinski definition) is 5. The maximum atomic E-state index is 11.3. The van der Waals surface area contributed by atoms with E-state index in [4.69, 9.17) is 11.6 Å². The number of carbonyl (C=O) groups is 1. The summed E-state index contributed by atoms with van der Waals surface area (Å²) in [5.74, 6) is -0.172. The van der Waals surface area contributed by atoms with Gasteiger partial charge in [0.25, 0.3) is 0 Å². The van der Waals surface area contributed by atoms with E-state index in [2.05, 4.69) is 15.0 Å². The van der Waals surface area contributed by atoms with Crippen molar-refractivity contribution in [3.63, 3.8) is 0 Å². The van der Waals surface area contributed by atoms with Crippen molar-refractivity contribution in [1.82, 2.24) is 4.98 Å². The summed E-state index contributed by atoms with van der Waals surface area (Å²) < 4.78 is 4.62. The number of thiazole rings is 1. The molecule has 0 fully saturated rings. The van der Waals surface area contributed by atoms with Crippen molar-refractivity contribution in [2.75, 3.05) is 19.0 Å². The maximum Gasteiger partial charge on any atom is 0.350 e. The molecule has 78 valence electrons. The standard InChI is InChI=1S/C8H11ClN2O2S/c1-3-10-8-11-5(4-9)6(14-8)7(12)13-2/h3-4H2,1-2H3,(H,10,11). The fourth-order valence-electron chi connectivity index (χ4n) is 0.921. The summed E-state index contributed by atoms with van der Waals surface area (Å²) in [5.41, 5.74) is 0.569. The molecule has 0 aliphatic rings. The zero-order valence-electron chi connectivity index (χ0n) is 7.96. The van der Waals surface area contributed by atoms with E-state index in [0.717, 1.165) is 6.54 Å². The molecule has 1 N–H and O–H groups in total. The Kier molecular flexibility index (Phi) is 4.16. The molecule has 1 aromatic rings. The van der Waals surface area contributed by atoms with E-state index >= 15 is 0 Å². The highest BCUT2D eigenvalue weighted by atomic mass is 35.5. The number of ether oxygens (including phenoxy) is 1. The first-order valence-corrected chi connectivity index (χ1v) is 5.45. The zero-order valence-corrected chi connectivity index (χ0v) is 9.54. The molecule has 14 heavy (non-hydrogen) atoms. The monoisotopic (exact) mass is 234 g/mol. The number of hydrogen-bond donors (Lipinski definition) is 1. The number of rotatable bonds is 4. The van der Waals surface area contributed by atoms with Crippen molar-refractivity contribution in [2.24, 2.45) is 0 Å². The van der Waals surface area contributed by atoms with Gasteiger partial charge in [-0.2, -0.15) is 0 Å². The van der Waals surface area contributed by atoms with Crippen molar-refractivity contribution >= 4 is 34.0 Å². The Bertz CT molecular complexity index is 327. The molecule has 0 atom stereocenters. The van der Waals surface area contributed by atoms with E-state index in [-0.39, 0.29) is 11.8 Å². The molecule has 1 heterocycles. The third-order valence-electron chi connectivity index (χ3n) is 1.52. The summed E-state index contributed by atoms with van der Waals surface area (Å²) in [5, 5.41) is 3.72. The maximum absolute atomic E-state index is 11.3. The number of alkyl halides is 1. The van der Waals surface area contributed by atoms with Crippen LogP contribution in [-0.4, -0.2) is 24.6 Å². The number of anilines is 1. The Morgan fingerprint density at radius 2 is 2.43 bits per heavy atom. The number of esters is 1. The number of nitrogens with one attached hydrogen (secondary N) is 1. The third kappa shape index (κ3) is 2.36. The number of nitrogens with zero attached hydrogens (tertiary/aromatic N) is 1. The smallest absolute Gasteiger partial charge is 0.350 e. The van der Waals surface area contributed by atoms with Crippen molar-refractivity contribution in [1.29, 1.82) is 0 Å². The Hall–Kier alpha value is -0.810. The summed E-state index contributed by atoms with van der Waals surface area (Å²) in [6, 6.07) is 0. The Labute approximate surface area is 91.2 Å². The molecule has 0 saturated heterocycles. The molecule has 1 aromatic heterocycles. The molecule has 0 unspecified atom stereocenters. The quantitative estimate of drug-likeness (QED) is 0.640. The molecule has 0 aliphatic carbocycles. The summed E-state index contributed by atoms with van der Waals surface area (Å²) in [6.07, 6.45) is 0. The van der Waals surface area contributed by atoms with E-state index in [1.165, 1.54) is 18.4 Å². The Balaban J connectivity index is 2.96. The van der Waals surface area contributed by atoms with Crippen LogP contribution < -0.4 is 5.32 Å². The topological polar surface area (TPSA) is 51.2 Å². The van der Waals surface area contributed by atoms with Gasteiger partial charge in [0.05, 0.1) is 18.7 Å². The number of aromatic nitrogens is 1. The highest BCUT2D eigenvalue weighted by molar-refractivity contribution is 7.17. The van der Waals surface area contributed by atoms with Crippen LogP contribution in [0.4, 0.5) is 5.13 Å². The molecular formula is C8H11ClN2O2S. The van der Waals surface area contributed by atoms with Gasteiger partial charge in [0.15, 0.2) is 5.13 Å². The summed E-state index contributed by atoms with van der Waals surface area (Å²) in [7, 11) is 1.34. The van der Waals surface area contributed by atoms with Crippen LogP contribution in [0, 0.1) is 0 Å². The number of halogens is 1. The van der Waals surface area contributed by atoms with E-state index in [9.17, 15) is 4.79 Å². The van der Waals surface area contributed by atoms with Crippen LogP contribution in [0.5, 0.6) is 0 Å². The first-order valence-electron chi connectivity index (χ1n) is 4.10. The molecular weight excluding hydrogens is 224 g/mol. The lowest BCUT2D eigenvalue weighted by Crippen LogP contribution is -2.01. The van der Waals surface area contributed by atoms with Gasteiger partial charge < -0.3 is 10.1 Å². The predicted molar refractivity (Wildman–Crippen MR) is 57.2 cm³/mol. The highest BCUT2D eigenvalue weighted by Crippen LogP contribution is 2.24. The molecule has 0 saturated carbocycles. The van der Waals surface area contributed by atoms with Crippen LogP contribution in [0.2, 0.25) is 0 Å². The van der Waals surface area contributed by atoms with E-state index < -0.39 is 0 Å². The lowest BCUT2D eigenvalue weighted by atomic mass is 10.4. The van der Waals surface area contributed by atoms with Crippen LogP contribution in [0.1, 0.15) is 22.3 Å². The molecule has 0 aliphatic heterocycles. The first-order chi connectivity index (χ1) is 6.72. The fraction of sp³-hybridized carbons (Fsp3) is 0.500. The average Bonchev–Trinajstić information content (AvgIpc) is 2.60. The van der Waals surface area contributed by atoms with Crippen LogP contribution >= 0.6 is 22.9 Å². The van der Waals surface area contributed by atoms with Gasteiger partial charge in [0.2, 0.25) is 0 Å². The molecule has 1 rings (SSSR count). The van der Waals surface area contributed by atoms with Crippen LogP contribution in [0.3, 0.4) is 0 Å². The molecule has 0 bridgehead atoms. The van der Waals surface area contributed by atoms with Crippen molar-refractivity contribution in [3.05, 3.63) is 10.6 Å². The number of methoxy groups -OCH3 is 1. The minimum atomic E-state index is -0.387. The van der Waals surface area contributed by atoms with Crippen molar-refractivity contribution in [2.45, 2.75) is 12.8 Å². The SMILES string of the molecule is CCNc1nc(CCl)c(C(=O)OC)s1. The van der Waals surface area contributed by atoms with Crippen LogP contribution in [0.25, 0.3) is 0 Å². The second kappa shape index (κ2) is 5.17. The molecule has 0 radical (unpaired) electrons. The zero-order chi connectivity index (χ0) is 10.6. The van der Waals surface area contributed by atoms with Gasteiger partial charge in [-0.15, -0.1) is 11.6 Å². The van der Waals surface area contributed by atoms with E-state index in [1.54, 1.807) is 0 Å². The van der Waals surface area contributed by atoms with Crippen LogP contribution in [0.15, 0.2) is 0 Å². The Morgan fingerprint density at radius 1 is 1.71 bits per heavy atom. The second-order valence-electron chi connectivity index (χ2n) is 2.45. The van der Waals surface area contributed by atoms with Gasteiger partial charge in [-0.25, -0.2) is 9.78 Å². The van der Waals surface area contributed by atoms with Crippen molar-refractivity contribution < 1.29 is 9.53 Å². The molecule has 0 aromatic carbocycles. The molecule has 0 amide bonds.